The molecule has 3 N–H and O–H groups in total. The Morgan fingerprint density at radius 1 is 1.36 bits per heavy atom. The standard InChI is InChI=1S/C7H8N2S2/c8-7(11)9-5-1-3-6(10)4-2-5/h1-4,10H,(H3,8,9,11). The van der Waals surface area contributed by atoms with E-state index in [9.17, 15) is 0 Å². The molecule has 0 spiro atoms. The van der Waals surface area contributed by atoms with Gasteiger partial charge in [0, 0.05) is 10.6 Å². The van der Waals surface area contributed by atoms with Gasteiger partial charge in [0.15, 0.2) is 5.11 Å². The van der Waals surface area contributed by atoms with Crippen molar-refractivity contribution in [1.82, 2.24) is 0 Å². The Morgan fingerprint density at radius 3 is 2.36 bits per heavy atom. The third kappa shape index (κ3) is 2.78. The second-order valence-electron chi connectivity index (χ2n) is 2.04. The highest BCUT2D eigenvalue weighted by Crippen LogP contribution is 2.11. The van der Waals surface area contributed by atoms with E-state index in [-0.39, 0.29) is 5.11 Å². The fraction of sp³-hybridized carbons (Fsp3) is 0. The molecule has 0 aliphatic rings. The van der Waals surface area contributed by atoms with Gasteiger partial charge in [-0.05, 0) is 36.5 Å². The van der Waals surface area contributed by atoms with E-state index in [1.807, 2.05) is 24.3 Å². The molecule has 0 fully saturated rings. The summed E-state index contributed by atoms with van der Waals surface area (Å²) in [4.78, 5) is 0.915. The van der Waals surface area contributed by atoms with E-state index in [0.29, 0.717) is 0 Å². The van der Waals surface area contributed by atoms with Gasteiger partial charge in [-0.2, -0.15) is 0 Å². The molecule has 11 heavy (non-hydrogen) atoms. The molecule has 4 heteroatoms. The topological polar surface area (TPSA) is 38.0 Å². The average molecular weight is 184 g/mol. The van der Waals surface area contributed by atoms with Crippen molar-refractivity contribution in [2.75, 3.05) is 5.32 Å². The van der Waals surface area contributed by atoms with Crippen molar-refractivity contribution in [2.45, 2.75) is 4.90 Å². The lowest BCUT2D eigenvalue weighted by Gasteiger charge is -2.02. The molecule has 0 atom stereocenters. The van der Waals surface area contributed by atoms with Crippen LogP contribution in [0.2, 0.25) is 0 Å². The highest BCUT2D eigenvalue weighted by Gasteiger charge is 1.90. The Labute approximate surface area is 76.2 Å². The number of rotatable bonds is 1. The van der Waals surface area contributed by atoms with Crippen molar-refractivity contribution < 1.29 is 0 Å². The van der Waals surface area contributed by atoms with Crippen LogP contribution in [0.4, 0.5) is 5.69 Å². The predicted octanol–water partition coefficient (Wildman–Crippen LogP) is 1.63. The molecule has 58 valence electrons. The minimum Gasteiger partial charge on any atom is -0.376 e. The molecule has 0 bridgehead atoms. The van der Waals surface area contributed by atoms with Crippen molar-refractivity contribution in [2.24, 2.45) is 5.73 Å². The molecule has 0 radical (unpaired) electrons. The van der Waals surface area contributed by atoms with Crippen LogP contribution >= 0.6 is 24.8 Å². The van der Waals surface area contributed by atoms with Gasteiger partial charge in [-0.15, -0.1) is 12.6 Å². The molecule has 0 saturated heterocycles. The van der Waals surface area contributed by atoms with Crippen LogP contribution in [-0.2, 0) is 0 Å². The molecule has 0 heterocycles. The lowest BCUT2D eigenvalue weighted by atomic mass is 10.3. The number of hydrogen-bond acceptors (Lipinski definition) is 2. The molecule has 0 aliphatic carbocycles. The van der Waals surface area contributed by atoms with Crippen molar-refractivity contribution in [3.63, 3.8) is 0 Å². The molecular formula is C7H8N2S2. The van der Waals surface area contributed by atoms with Gasteiger partial charge >= 0.3 is 0 Å². The second kappa shape index (κ2) is 3.59. The van der Waals surface area contributed by atoms with Crippen LogP contribution in [0.3, 0.4) is 0 Å². The normalized spacial score (nSPS) is 9.18. The minimum absolute atomic E-state index is 0.275. The third-order valence-electron chi connectivity index (χ3n) is 1.13. The number of anilines is 1. The van der Waals surface area contributed by atoms with Gasteiger partial charge in [0.05, 0.1) is 0 Å². The molecule has 0 saturated carbocycles. The van der Waals surface area contributed by atoms with Gasteiger partial charge in [-0.3, -0.25) is 0 Å². The number of nitrogens with two attached hydrogens (primary N) is 1. The number of hydrogen-bond donors (Lipinski definition) is 3. The largest absolute Gasteiger partial charge is 0.376 e. The van der Waals surface area contributed by atoms with E-state index in [0.717, 1.165) is 10.6 Å². The van der Waals surface area contributed by atoms with Gasteiger partial charge in [-0.1, -0.05) is 0 Å². The summed E-state index contributed by atoms with van der Waals surface area (Å²) in [5, 5.41) is 3.08. The van der Waals surface area contributed by atoms with E-state index >= 15 is 0 Å². The number of thiocarbonyl (C=S) groups is 1. The van der Waals surface area contributed by atoms with Gasteiger partial charge in [0.1, 0.15) is 0 Å². The summed E-state index contributed by atoms with van der Waals surface area (Å²) >= 11 is 8.79. The highest BCUT2D eigenvalue weighted by atomic mass is 32.1. The maximum atomic E-state index is 5.26. The molecule has 1 rings (SSSR count). The van der Waals surface area contributed by atoms with E-state index in [2.05, 4.69) is 30.2 Å². The van der Waals surface area contributed by atoms with Crippen LogP contribution in [0.5, 0.6) is 0 Å². The van der Waals surface area contributed by atoms with Crippen LogP contribution in [-0.4, -0.2) is 5.11 Å². The molecule has 1 aromatic carbocycles. The Hall–Kier alpha value is -0.740. The fourth-order valence-electron chi connectivity index (χ4n) is 0.687. The average Bonchev–Trinajstić information content (AvgIpc) is 1.93. The van der Waals surface area contributed by atoms with Crippen molar-refractivity contribution in [3.05, 3.63) is 24.3 Å². The Balaban J connectivity index is 2.74. The summed E-state index contributed by atoms with van der Waals surface area (Å²) in [5.74, 6) is 0. The summed E-state index contributed by atoms with van der Waals surface area (Å²) in [6.45, 7) is 0. The van der Waals surface area contributed by atoms with Crippen molar-refractivity contribution in [3.8, 4) is 0 Å². The first-order chi connectivity index (χ1) is 5.18. The van der Waals surface area contributed by atoms with Crippen LogP contribution in [0, 0.1) is 0 Å². The SMILES string of the molecule is NC(=S)Nc1ccc(S)cc1. The molecule has 1 aromatic rings. The van der Waals surface area contributed by atoms with E-state index < -0.39 is 0 Å². The highest BCUT2D eigenvalue weighted by molar-refractivity contribution is 7.80. The fourth-order valence-corrected chi connectivity index (χ4v) is 0.954. The molecule has 0 unspecified atom stereocenters. The smallest absolute Gasteiger partial charge is 0.168 e. The predicted molar refractivity (Wildman–Crippen MR) is 54.1 cm³/mol. The molecular weight excluding hydrogens is 176 g/mol. The monoisotopic (exact) mass is 184 g/mol. The Kier molecular flexibility index (Phi) is 2.73. The van der Waals surface area contributed by atoms with Crippen LogP contribution in [0.25, 0.3) is 0 Å². The second-order valence-corrected chi connectivity index (χ2v) is 2.99. The minimum atomic E-state index is 0.275. The summed E-state index contributed by atoms with van der Waals surface area (Å²) in [7, 11) is 0. The Bertz CT molecular complexity index is 256. The maximum Gasteiger partial charge on any atom is 0.168 e. The Morgan fingerprint density at radius 2 is 1.91 bits per heavy atom. The van der Waals surface area contributed by atoms with Gasteiger partial charge in [-0.25, -0.2) is 0 Å². The maximum absolute atomic E-state index is 5.26. The quantitative estimate of drug-likeness (QED) is 0.459. The molecule has 0 aromatic heterocycles. The zero-order chi connectivity index (χ0) is 8.27. The number of nitrogens with one attached hydrogen (secondary N) is 1. The summed E-state index contributed by atoms with van der Waals surface area (Å²) in [6, 6.07) is 7.45. The zero-order valence-electron chi connectivity index (χ0n) is 5.74. The van der Waals surface area contributed by atoms with Gasteiger partial charge in [0.25, 0.3) is 0 Å². The molecule has 2 nitrogen and oxygen atoms in total. The zero-order valence-corrected chi connectivity index (χ0v) is 7.45. The molecule has 0 aliphatic heterocycles. The summed E-state index contributed by atoms with van der Waals surface area (Å²) in [5.41, 5.74) is 6.15. The number of thiol groups is 1. The van der Waals surface area contributed by atoms with Crippen LogP contribution in [0.1, 0.15) is 0 Å². The van der Waals surface area contributed by atoms with Crippen LogP contribution < -0.4 is 11.1 Å². The first kappa shape index (κ1) is 8.36. The lowest BCUT2D eigenvalue weighted by molar-refractivity contribution is 1.47. The van der Waals surface area contributed by atoms with E-state index in [1.165, 1.54) is 0 Å². The van der Waals surface area contributed by atoms with Crippen LogP contribution in [0.15, 0.2) is 29.2 Å². The van der Waals surface area contributed by atoms with E-state index in [1.54, 1.807) is 0 Å². The lowest BCUT2D eigenvalue weighted by Crippen LogP contribution is -2.18. The summed E-state index contributed by atoms with van der Waals surface area (Å²) in [6.07, 6.45) is 0. The van der Waals surface area contributed by atoms with Crippen molar-refractivity contribution >= 4 is 35.6 Å². The van der Waals surface area contributed by atoms with Gasteiger partial charge in [0.2, 0.25) is 0 Å². The summed E-state index contributed by atoms with van der Waals surface area (Å²) < 4.78 is 0. The third-order valence-corrected chi connectivity index (χ3v) is 1.54. The van der Waals surface area contributed by atoms with E-state index in [4.69, 9.17) is 5.73 Å². The number of benzene rings is 1. The molecule has 0 amide bonds. The van der Waals surface area contributed by atoms with Gasteiger partial charge < -0.3 is 11.1 Å². The van der Waals surface area contributed by atoms with Crippen molar-refractivity contribution in [1.29, 1.82) is 0 Å². The first-order valence-corrected chi connectivity index (χ1v) is 3.89. The first-order valence-electron chi connectivity index (χ1n) is 3.04.